The maximum absolute atomic E-state index is 11.4. The summed E-state index contributed by atoms with van der Waals surface area (Å²) in [6.45, 7) is 0.675. The molecular weight excluding hydrogens is 220 g/mol. The molecule has 0 heterocycles. The van der Waals surface area contributed by atoms with Crippen molar-refractivity contribution in [3.05, 3.63) is 24.3 Å². The van der Waals surface area contributed by atoms with Crippen molar-refractivity contribution in [3.63, 3.8) is 0 Å². The van der Waals surface area contributed by atoms with Gasteiger partial charge in [0.25, 0.3) is 0 Å². The van der Waals surface area contributed by atoms with Gasteiger partial charge in [-0.1, -0.05) is 12.1 Å². The molecule has 0 atom stereocenters. The minimum absolute atomic E-state index is 0.147. The van der Waals surface area contributed by atoms with Crippen molar-refractivity contribution in [2.75, 3.05) is 32.2 Å². The topological polar surface area (TPSA) is 32.3 Å². The second kappa shape index (κ2) is 6.43. The quantitative estimate of drug-likeness (QED) is 0.799. The molecule has 1 aromatic rings. The van der Waals surface area contributed by atoms with Crippen LogP contribution in [-0.4, -0.2) is 37.7 Å². The summed E-state index contributed by atoms with van der Waals surface area (Å²) in [5.41, 5.74) is 1.10. The van der Waals surface area contributed by atoms with Gasteiger partial charge in [-0.25, -0.2) is 0 Å². The lowest BCUT2D eigenvalue weighted by atomic mass is 10.3. The fourth-order valence-corrected chi connectivity index (χ4v) is 1.89. The average molecular weight is 238 g/mol. The minimum atomic E-state index is 0.147. The highest BCUT2D eigenvalue weighted by Crippen LogP contribution is 2.24. The fraction of sp³-hybridized carbons (Fsp3) is 0.417. The maximum Gasteiger partial charge on any atom is 0.223 e. The molecule has 0 saturated carbocycles. The van der Waals surface area contributed by atoms with E-state index in [0.717, 1.165) is 5.69 Å². The highest BCUT2D eigenvalue weighted by Gasteiger charge is 2.04. The predicted octanol–water partition coefficient (Wildman–Crippen LogP) is 2.30. The molecule has 0 aromatic heterocycles. The number of thioether (sulfide) groups is 1. The van der Waals surface area contributed by atoms with Crippen LogP contribution in [0.4, 0.5) is 5.69 Å². The zero-order chi connectivity index (χ0) is 12.0. The Morgan fingerprint density at radius 2 is 2.06 bits per heavy atom. The molecule has 0 fully saturated rings. The second-order valence-electron chi connectivity index (χ2n) is 3.67. The van der Waals surface area contributed by atoms with Gasteiger partial charge in [0.15, 0.2) is 0 Å². The summed E-state index contributed by atoms with van der Waals surface area (Å²) in [5, 5.41) is 3.28. The van der Waals surface area contributed by atoms with Crippen LogP contribution in [-0.2, 0) is 4.79 Å². The van der Waals surface area contributed by atoms with Crippen LogP contribution in [0.25, 0.3) is 0 Å². The van der Waals surface area contributed by atoms with E-state index in [1.54, 1.807) is 30.8 Å². The molecule has 0 spiro atoms. The first-order valence-electron chi connectivity index (χ1n) is 5.22. The first-order valence-corrected chi connectivity index (χ1v) is 6.44. The molecule has 0 radical (unpaired) electrons. The van der Waals surface area contributed by atoms with Crippen LogP contribution in [0.3, 0.4) is 0 Å². The van der Waals surface area contributed by atoms with E-state index >= 15 is 0 Å². The molecule has 0 bridgehead atoms. The van der Waals surface area contributed by atoms with Crippen molar-refractivity contribution in [1.82, 2.24) is 4.90 Å². The van der Waals surface area contributed by atoms with Crippen molar-refractivity contribution >= 4 is 23.4 Å². The van der Waals surface area contributed by atoms with E-state index in [1.165, 1.54) is 4.90 Å². The van der Waals surface area contributed by atoms with Crippen LogP contribution in [0.5, 0.6) is 0 Å². The van der Waals surface area contributed by atoms with E-state index in [1.807, 2.05) is 24.5 Å². The number of benzene rings is 1. The van der Waals surface area contributed by atoms with Crippen LogP contribution in [0, 0.1) is 0 Å². The largest absolute Gasteiger partial charge is 0.384 e. The molecule has 0 aliphatic carbocycles. The zero-order valence-corrected chi connectivity index (χ0v) is 10.8. The Kier molecular flexibility index (Phi) is 5.19. The normalized spacial score (nSPS) is 9.94. The molecule has 16 heavy (non-hydrogen) atoms. The number of carbonyl (C=O) groups excluding carboxylic acids is 1. The van der Waals surface area contributed by atoms with E-state index < -0.39 is 0 Å². The predicted molar refractivity (Wildman–Crippen MR) is 70.0 cm³/mol. The van der Waals surface area contributed by atoms with Gasteiger partial charge >= 0.3 is 0 Å². The van der Waals surface area contributed by atoms with Gasteiger partial charge in [0, 0.05) is 37.6 Å². The number of nitrogens with one attached hydrogen (secondary N) is 1. The maximum atomic E-state index is 11.4. The number of hydrogen-bond acceptors (Lipinski definition) is 3. The van der Waals surface area contributed by atoms with E-state index in [-0.39, 0.29) is 5.91 Å². The molecule has 0 unspecified atom stereocenters. The second-order valence-corrected chi connectivity index (χ2v) is 4.51. The van der Waals surface area contributed by atoms with Gasteiger partial charge in [-0.05, 0) is 18.4 Å². The lowest BCUT2D eigenvalue weighted by Gasteiger charge is -2.12. The highest BCUT2D eigenvalue weighted by molar-refractivity contribution is 7.98. The Morgan fingerprint density at radius 1 is 1.38 bits per heavy atom. The Bertz CT molecular complexity index is 353. The number of nitrogens with zero attached hydrogens (tertiary/aromatic N) is 1. The first-order chi connectivity index (χ1) is 7.65. The molecule has 0 aliphatic rings. The molecular formula is C12H18N2OS. The van der Waals surface area contributed by atoms with Gasteiger partial charge in [-0.2, -0.15) is 0 Å². The van der Waals surface area contributed by atoms with Crippen LogP contribution in [0.15, 0.2) is 29.2 Å². The third-order valence-corrected chi connectivity index (χ3v) is 3.06. The number of anilines is 1. The Morgan fingerprint density at radius 3 is 2.69 bits per heavy atom. The first kappa shape index (κ1) is 12.9. The number of rotatable bonds is 5. The fourth-order valence-electron chi connectivity index (χ4n) is 1.32. The van der Waals surface area contributed by atoms with E-state index in [2.05, 4.69) is 11.4 Å². The lowest BCUT2D eigenvalue weighted by Crippen LogP contribution is -2.23. The monoisotopic (exact) mass is 238 g/mol. The van der Waals surface area contributed by atoms with Crippen molar-refractivity contribution in [2.24, 2.45) is 0 Å². The summed E-state index contributed by atoms with van der Waals surface area (Å²) in [6, 6.07) is 8.12. The van der Waals surface area contributed by atoms with Crippen molar-refractivity contribution in [2.45, 2.75) is 11.3 Å². The number of amides is 1. The molecule has 0 aliphatic heterocycles. The highest BCUT2D eigenvalue weighted by atomic mass is 32.2. The Labute approximate surface area is 101 Å². The third kappa shape index (κ3) is 3.77. The van der Waals surface area contributed by atoms with E-state index in [0.29, 0.717) is 13.0 Å². The molecule has 1 aromatic carbocycles. The Hall–Kier alpha value is -1.16. The van der Waals surface area contributed by atoms with Gasteiger partial charge in [0.2, 0.25) is 5.91 Å². The van der Waals surface area contributed by atoms with E-state index in [9.17, 15) is 4.79 Å². The molecule has 1 rings (SSSR count). The van der Waals surface area contributed by atoms with E-state index in [4.69, 9.17) is 0 Å². The summed E-state index contributed by atoms with van der Waals surface area (Å²) < 4.78 is 0. The smallest absolute Gasteiger partial charge is 0.223 e. The summed E-state index contributed by atoms with van der Waals surface area (Å²) in [6.07, 6.45) is 2.57. The molecule has 3 nitrogen and oxygen atoms in total. The number of para-hydroxylation sites is 1. The summed E-state index contributed by atoms with van der Waals surface area (Å²) >= 11 is 1.70. The summed E-state index contributed by atoms with van der Waals surface area (Å²) in [7, 11) is 3.55. The van der Waals surface area contributed by atoms with Crippen molar-refractivity contribution in [1.29, 1.82) is 0 Å². The molecule has 4 heteroatoms. The lowest BCUT2D eigenvalue weighted by molar-refractivity contribution is -0.128. The Balaban J connectivity index is 2.45. The van der Waals surface area contributed by atoms with Gasteiger partial charge in [-0.15, -0.1) is 11.8 Å². The SMILES string of the molecule is CSc1ccccc1NCCC(=O)N(C)C. The van der Waals surface area contributed by atoms with Crippen LogP contribution in [0.1, 0.15) is 6.42 Å². The van der Waals surface area contributed by atoms with Gasteiger partial charge < -0.3 is 10.2 Å². The van der Waals surface area contributed by atoms with Gasteiger partial charge in [-0.3, -0.25) is 4.79 Å². The number of carbonyl (C=O) groups is 1. The standard InChI is InChI=1S/C12H18N2OS/c1-14(2)12(15)8-9-13-10-6-4-5-7-11(10)16-3/h4-7,13H,8-9H2,1-3H3. The minimum Gasteiger partial charge on any atom is -0.384 e. The van der Waals surface area contributed by atoms with Crippen LogP contribution in [0.2, 0.25) is 0 Å². The van der Waals surface area contributed by atoms with Crippen molar-refractivity contribution < 1.29 is 4.79 Å². The summed E-state index contributed by atoms with van der Waals surface area (Å²) in [4.78, 5) is 14.2. The molecule has 88 valence electrons. The number of hydrogen-bond donors (Lipinski definition) is 1. The third-order valence-electron chi connectivity index (χ3n) is 2.26. The van der Waals surface area contributed by atoms with Gasteiger partial charge in [0.05, 0.1) is 0 Å². The average Bonchev–Trinajstić information content (AvgIpc) is 2.29. The molecule has 0 saturated heterocycles. The zero-order valence-electron chi connectivity index (χ0n) is 9.99. The summed E-state index contributed by atoms with van der Waals surface area (Å²) in [5.74, 6) is 0.147. The van der Waals surface area contributed by atoms with Crippen LogP contribution < -0.4 is 5.32 Å². The van der Waals surface area contributed by atoms with Crippen molar-refractivity contribution in [3.8, 4) is 0 Å². The molecule has 1 amide bonds. The molecule has 1 N–H and O–H groups in total. The van der Waals surface area contributed by atoms with Crippen LogP contribution >= 0.6 is 11.8 Å². The van der Waals surface area contributed by atoms with Gasteiger partial charge in [0.1, 0.15) is 0 Å².